The molecule has 2 aromatic rings. The summed E-state index contributed by atoms with van der Waals surface area (Å²) in [5, 5.41) is 2.91. The molecule has 0 aromatic carbocycles. The topological polar surface area (TPSA) is 64.1 Å². The van der Waals surface area contributed by atoms with E-state index in [1.165, 1.54) is 0 Å². The van der Waals surface area contributed by atoms with Crippen LogP contribution >= 0.6 is 0 Å². The van der Waals surface area contributed by atoms with Crippen molar-refractivity contribution in [1.82, 2.24) is 15.3 Å². The number of carbonyl (C=O) groups excluding carboxylic acids is 1. The van der Waals surface area contributed by atoms with Crippen molar-refractivity contribution in [3.05, 3.63) is 48.4 Å². The Hall–Kier alpha value is -2.27. The first-order valence-electron chi connectivity index (χ1n) is 7.07. The number of pyridine rings is 2. The molecule has 21 heavy (non-hydrogen) atoms. The van der Waals surface area contributed by atoms with Crippen molar-refractivity contribution in [2.24, 2.45) is 0 Å². The van der Waals surface area contributed by atoms with Crippen molar-refractivity contribution in [3.63, 3.8) is 0 Å². The average molecular weight is 283 g/mol. The number of aromatic nitrogens is 2. The zero-order valence-electron chi connectivity index (χ0n) is 11.7. The largest absolute Gasteiger partial charge is 0.368 e. The average Bonchev–Trinajstić information content (AvgIpc) is 3.08. The van der Waals surface area contributed by atoms with Crippen LogP contribution in [0.15, 0.2) is 42.9 Å². The zero-order chi connectivity index (χ0) is 14.5. The lowest BCUT2D eigenvalue weighted by Crippen LogP contribution is -2.33. The minimum atomic E-state index is -0.287. The summed E-state index contributed by atoms with van der Waals surface area (Å²) in [5.74, 6) is -0.0350. The van der Waals surface area contributed by atoms with Crippen molar-refractivity contribution >= 4 is 5.91 Å². The van der Waals surface area contributed by atoms with Crippen LogP contribution in [0.4, 0.5) is 0 Å². The maximum Gasteiger partial charge on any atom is 0.249 e. The van der Waals surface area contributed by atoms with Crippen LogP contribution < -0.4 is 5.32 Å². The Balaban J connectivity index is 1.65. The van der Waals surface area contributed by atoms with Gasteiger partial charge in [-0.2, -0.15) is 0 Å². The molecule has 5 heteroatoms. The third-order valence-electron chi connectivity index (χ3n) is 3.47. The minimum absolute atomic E-state index is 0.0350. The van der Waals surface area contributed by atoms with Gasteiger partial charge < -0.3 is 10.1 Å². The summed E-state index contributed by atoms with van der Waals surface area (Å²) in [4.78, 5) is 20.3. The van der Waals surface area contributed by atoms with Crippen molar-refractivity contribution in [1.29, 1.82) is 0 Å². The lowest BCUT2D eigenvalue weighted by Gasteiger charge is -2.11. The molecule has 1 aliphatic heterocycles. The molecule has 0 aliphatic carbocycles. The summed E-state index contributed by atoms with van der Waals surface area (Å²) in [7, 11) is 0. The fraction of sp³-hybridized carbons (Fsp3) is 0.312. The van der Waals surface area contributed by atoms with Gasteiger partial charge in [-0.3, -0.25) is 14.8 Å². The molecule has 3 heterocycles. The quantitative estimate of drug-likeness (QED) is 0.931. The molecule has 1 N–H and O–H groups in total. The summed E-state index contributed by atoms with van der Waals surface area (Å²) in [6.07, 6.45) is 6.73. The monoisotopic (exact) mass is 283 g/mol. The predicted octanol–water partition coefficient (Wildman–Crippen LogP) is 1.94. The molecule has 1 aliphatic rings. The van der Waals surface area contributed by atoms with Gasteiger partial charge in [0.05, 0.1) is 5.69 Å². The fourth-order valence-corrected chi connectivity index (χ4v) is 2.34. The van der Waals surface area contributed by atoms with E-state index in [2.05, 4.69) is 15.3 Å². The molecule has 108 valence electrons. The van der Waals surface area contributed by atoms with E-state index >= 15 is 0 Å². The molecule has 1 amide bonds. The number of carbonyl (C=O) groups is 1. The smallest absolute Gasteiger partial charge is 0.249 e. The van der Waals surface area contributed by atoms with Crippen LogP contribution in [0.2, 0.25) is 0 Å². The number of amides is 1. The first-order chi connectivity index (χ1) is 10.3. The number of hydrogen-bond acceptors (Lipinski definition) is 4. The van der Waals surface area contributed by atoms with Crippen molar-refractivity contribution in [2.75, 3.05) is 6.61 Å². The highest BCUT2D eigenvalue weighted by atomic mass is 16.5. The number of nitrogens with zero attached hydrogens (tertiary/aromatic N) is 2. The van der Waals surface area contributed by atoms with Crippen LogP contribution in [0.25, 0.3) is 11.3 Å². The summed E-state index contributed by atoms with van der Waals surface area (Å²) >= 11 is 0. The van der Waals surface area contributed by atoms with Crippen LogP contribution in [0.1, 0.15) is 18.4 Å². The van der Waals surface area contributed by atoms with Gasteiger partial charge in [0.25, 0.3) is 0 Å². The van der Waals surface area contributed by atoms with E-state index in [4.69, 9.17) is 4.74 Å². The zero-order valence-corrected chi connectivity index (χ0v) is 11.7. The van der Waals surface area contributed by atoms with Crippen LogP contribution in [0.5, 0.6) is 0 Å². The van der Waals surface area contributed by atoms with E-state index in [0.29, 0.717) is 13.2 Å². The molecular formula is C16H17N3O2. The highest BCUT2D eigenvalue weighted by molar-refractivity contribution is 5.80. The van der Waals surface area contributed by atoms with E-state index in [1.807, 2.05) is 24.3 Å². The predicted molar refractivity (Wildman–Crippen MR) is 78.3 cm³/mol. The van der Waals surface area contributed by atoms with Gasteiger partial charge in [0, 0.05) is 37.3 Å². The highest BCUT2D eigenvalue weighted by Crippen LogP contribution is 2.16. The van der Waals surface area contributed by atoms with E-state index in [0.717, 1.165) is 29.7 Å². The minimum Gasteiger partial charge on any atom is -0.368 e. The van der Waals surface area contributed by atoms with Gasteiger partial charge >= 0.3 is 0 Å². The molecule has 1 unspecified atom stereocenters. The molecule has 5 nitrogen and oxygen atoms in total. The Kier molecular flexibility index (Phi) is 4.21. The SMILES string of the molecule is O=C(NCc1ccnc(-c2cccnc2)c1)C1CCCO1. The number of rotatable bonds is 4. The maximum atomic E-state index is 11.9. The first kappa shape index (κ1) is 13.7. The summed E-state index contributed by atoms with van der Waals surface area (Å²) in [6.45, 7) is 1.16. The lowest BCUT2D eigenvalue weighted by atomic mass is 10.1. The van der Waals surface area contributed by atoms with Gasteiger partial charge in [0.15, 0.2) is 0 Å². The second-order valence-electron chi connectivity index (χ2n) is 5.01. The van der Waals surface area contributed by atoms with E-state index in [-0.39, 0.29) is 12.0 Å². The third kappa shape index (κ3) is 3.44. The second kappa shape index (κ2) is 6.45. The Morgan fingerprint density at radius 3 is 3.10 bits per heavy atom. The molecule has 3 rings (SSSR count). The third-order valence-corrected chi connectivity index (χ3v) is 3.47. The molecule has 0 radical (unpaired) electrons. The fourth-order valence-electron chi connectivity index (χ4n) is 2.34. The van der Waals surface area contributed by atoms with Crippen LogP contribution in [0, 0.1) is 0 Å². The van der Waals surface area contributed by atoms with Gasteiger partial charge in [-0.05, 0) is 42.7 Å². The summed E-state index contributed by atoms with van der Waals surface area (Å²) in [6, 6.07) is 7.70. The molecule has 0 saturated carbocycles. The van der Waals surface area contributed by atoms with Gasteiger partial charge in [-0.1, -0.05) is 0 Å². The highest BCUT2D eigenvalue weighted by Gasteiger charge is 2.22. The Morgan fingerprint density at radius 1 is 1.38 bits per heavy atom. The standard InChI is InChI=1S/C16H17N3O2/c20-16(15-4-2-8-21-15)19-10-12-5-7-18-14(9-12)13-3-1-6-17-11-13/h1,3,5-7,9,11,15H,2,4,8,10H2,(H,19,20). The Labute approximate surface area is 123 Å². The second-order valence-corrected chi connectivity index (χ2v) is 5.01. The van der Waals surface area contributed by atoms with E-state index in [9.17, 15) is 4.79 Å². The number of hydrogen-bond donors (Lipinski definition) is 1. The van der Waals surface area contributed by atoms with Crippen molar-refractivity contribution < 1.29 is 9.53 Å². The molecule has 0 spiro atoms. The Morgan fingerprint density at radius 2 is 2.33 bits per heavy atom. The number of ether oxygens (including phenoxy) is 1. The van der Waals surface area contributed by atoms with Gasteiger partial charge in [-0.15, -0.1) is 0 Å². The van der Waals surface area contributed by atoms with Crippen molar-refractivity contribution in [2.45, 2.75) is 25.5 Å². The Bertz CT molecular complexity index is 610. The first-order valence-corrected chi connectivity index (χ1v) is 7.07. The summed E-state index contributed by atoms with van der Waals surface area (Å²) in [5.41, 5.74) is 2.83. The van der Waals surface area contributed by atoms with E-state index < -0.39 is 0 Å². The summed E-state index contributed by atoms with van der Waals surface area (Å²) < 4.78 is 5.36. The van der Waals surface area contributed by atoms with Gasteiger partial charge in [0.2, 0.25) is 5.91 Å². The molecule has 1 atom stereocenters. The van der Waals surface area contributed by atoms with Gasteiger partial charge in [-0.25, -0.2) is 0 Å². The van der Waals surface area contributed by atoms with Crippen LogP contribution in [-0.4, -0.2) is 28.6 Å². The molecule has 2 aromatic heterocycles. The van der Waals surface area contributed by atoms with Crippen molar-refractivity contribution in [3.8, 4) is 11.3 Å². The van der Waals surface area contributed by atoms with E-state index in [1.54, 1.807) is 18.6 Å². The lowest BCUT2D eigenvalue weighted by molar-refractivity contribution is -0.130. The molecule has 0 bridgehead atoms. The number of nitrogens with one attached hydrogen (secondary N) is 1. The van der Waals surface area contributed by atoms with Gasteiger partial charge in [0.1, 0.15) is 6.10 Å². The molecular weight excluding hydrogens is 266 g/mol. The van der Waals surface area contributed by atoms with Crippen LogP contribution in [0.3, 0.4) is 0 Å². The molecule has 1 saturated heterocycles. The molecule has 1 fully saturated rings. The normalized spacial score (nSPS) is 17.6. The van der Waals surface area contributed by atoms with Crippen LogP contribution in [-0.2, 0) is 16.1 Å². The maximum absolute atomic E-state index is 11.9.